The van der Waals surface area contributed by atoms with E-state index in [0.29, 0.717) is 6.54 Å². The second-order valence-corrected chi connectivity index (χ2v) is 4.09. The van der Waals surface area contributed by atoms with Crippen molar-refractivity contribution in [3.05, 3.63) is 0 Å². The Hall–Kier alpha value is -0.900. The van der Waals surface area contributed by atoms with Gasteiger partial charge in [-0.25, -0.2) is 0 Å². The van der Waals surface area contributed by atoms with Crippen molar-refractivity contribution in [1.82, 2.24) is 10.2 Å². The summed E-state index contributed by atoms with van der Waals surface area (Å²) in [5.74, 6) is -0.239. The minimum atomic E-state index is -0.158. The molecule has 1 fully saturated rings. The first kappa shape index (κ1) is 12.2. The third-order valence-corrected chi connectivity index (χ3v) is 2.60. The number of amides is 1. The van der Waals surface area contributed by atoms with Gasteiger partial charge in [0.1, 0.15) is 5.78 Å². The van der Waals surface area contributed by atoms with Crippen LogP contribution in [0.1, 0.15) is 33.1 Å². The summed E-state index contributed by atoms with van der Waals surface area (Å²) in [6.45, 7) is 6.15. The summed E-state index contributed by atoms with van der Waals surface area (Å²) in [4.78, 5) is 24.2. The van der Waals surface area contributed by atoms with Gasteiger partial charge in [-0.3, -0.25) is 14.5 Å². The molecule has 4 heteroatoms. The van der Waals surface area contributed by atoms with E-state index in [-0.39, 0.29) is 18.1 Å². The number of likely N-dealkylation sites (N-methyl/N-ethyl adjacent to an activating group) is 1. The second kappa shape index (κ2) is 5.85. The monoisotopic (exact) mass is 212 g/mol. The number of ketones is 1. The molecule has 86 valence electrons. The lowest BCUT2D eigenvalue weighted by molar-refractivity contribution is -0.127. The molecular formula is C11H20N2O2. The molecule has 1 N–H and O–H groups in total. The van der Waals surface area contributed by atoms with E-state index < -0.39 is 0 Å². The molecule has 1 amide bonds. The van der Waals surface area contributed by atoms with Gasteiger partial charge in [0, 0.05) is 19.1 Å². The summed E-state index contributed by atoms with van der Waals surface area (Å²) >= 11 is 0. The highest BCUT2D eigenvalue weighted by Crippen LogP contribution is 2.25. The first-order valence-electron chi connectivity index (χ1n) is 5.63. The third kappa shape index (κ3) is 4.93. The summed E-state index contributed by atoms with van der Waals surface area (Å²) in [5, 5.41) is 2.76. The fraction of sp³-hybridized carbons (Fsp3) is 0.818. The van der Waals surface area contributed by atoms with E-state index in [1.807, 2.05) is 0 Å². The Morgan fingerprint density at radius 1 is 1.40 bits per heavy atom. The van der Waals surface area contributed by atoms with Crippen molar-refractivity contribution in [3.8, 4) is 0 Å². The maximum absolute atomic E-state index is 11.2. The fourth-order valence-corrected chi connectivity index (χ4v) is 1.67. The molecule has 1 saturated carbocycles. The Balaban J connectivity index is 2.08. The first-order valence-corrected chi connectivity index (χ1v) is 5.63. The molecule has 0 aromatic heterocycles. The summed E-state index contributed by atoms with van der Waals surface area (Å²) < 4.78 is 0. The number of carbonyl (C=O) groups is 2. The normalized spacial score (nSPS) is 15.4. The number of hydrogen-bond acceptors (Lipinski definition) is 3. The average Bonchev–Trinajstić information content (AvgIpc) is 2.94. The highest BCUT2D eigenvalue weighted by Gasteiger charge is 2.27. The number of Topliss-reactive ketones (excluding diaryl/α,β-unsaturated/α-hetero) is 1. The maximum atomic E-state index is 11.2. The molecule has 15 heavy (non-hydrogen) atoms. The molecule has 0 bridgehead atoms. The number of rotatable bonds is 7. The van der Waals surface area contributed by atoms with Gasteiger partial charge in [-0.15, -0.1) is 0 Å². The average molecular weight is 212 g/mol. The molecule has 0 aromatic carbocycles. The molecule has 0 radical (unpaired) electrons. The number of carbonyl (C=O) groups excluding carboxylic acids is 2. The van der Waals surface area contributed by atoms with E-state index in [0.717, 1.165) is 19.1 Å². The van der Waals surface area contributed by atoms with Crippen molar-refractivity contribution in [2.24, 2.45) is 0 Å². The van der Waals surface area contributed by atoms with Gasteiger partial charge >= 0.3 is 0 Å². The van der Waals surface area contributed by atoms with Crippen molar-refractivity contribution in [3.63, 3.8) is 0 Å². The van der Waals surface area contributed by atoms with Crippen LogP contribution >= 0.6 is 0 Å². The minimum Gasteiger partial charge on any atom is -0.354 e. The molecule has 1 aliphatic carbocycles. The standard InChI is InChI=1S/C11H20N2O2/c1-3-13(10-4-5-10)7-6-12-11(15)8-9(2)14/h10H,3-8H2,1-2H3,(H,12,15). The van der Waals surface area contributed by atoms with Crippen molar-refractivity contribution in [2.45, 2.75) is 39.2 Å². The molecule has 0 spiro atoms. The van der Waals surface area contributed by atoms with Crippen LogP contribution in [0.3, 0.4) is 0 Å². The van der Waals surface area contributed by atoms with Gasteiger partial charge in [0.25, 0.3) is 0 Å². The zero-order chi connectivity index (χ0) is 11.3. The molecule has 0 heterocycles. The first-order chi connectivity index (χ1) is 7.13. The van der Waals surface area contributed by atoms with Gasteiger partial charge in [-0.05, 0) is 26.3 Å². The predicted molar refractivity (Wildman–Crippen MR) is 58.6 cm³/mol. The highest BCUT2D eigenvalue weighted by molar-refractivity contribution is 5.96. The molecular weight excluding hydrogens is 192 g/mol. The third-order valence-electron chi connectivity index (χ3n) is 2.60. The Morgan fingerprint density at radius 3 is 2.53 bits per heavy atom. The van der Waals surface area contributed by atoms with Crippen LogP contribution in [-0.2, 0) is 9.59 Å². The molecule has 1 aliphatic rings. The van der Waals surface area contributed by atoms with Crippen molar-refractivity contribution >= 4 is 11.7 Å². The van der Waals surface area contributed by atoms with Crippen LogP contribution in [0.25, 0.3) is 0 Å². The molecule has 0 aromatic rings. The van der Waals surface area contributed by atoms with Crippen molar-refractivity contribution < 1.29 is 9.59 Å². The minimum absolute atomic E-state index is 0.00948. The van der Waals surface area contributed by atoms with Crippen LogP contribution in [0.5, 0.6) is 0 Å². The number of nitrogens with zero attached hydrogens (tertiary/aromatic N) is 1. The Labute approximate surface area is 91.0 Å². The molecule has 0 atom stereocenters. The number of hydrogen-bond donors (Lipinski definition) is 1. The van der Waals surface area contributed by atoms with Gasteiger partial charge in [0.2, 0.25) is 5.91 Å². The van der Waals surface area contributed by atoms with E-state index >= 15 is 0 Å². The molecule has 0 unspecified atom stereocenters. The molecule has 4 nitrogen and oxygen atoms in total. The van der Waals surface area contributed by atoms with Gasteiger partial charge in [-0.2, -0.15) is 0 Å². The van der Waals surface area contributed by atoms with Crippen LogP contribution < -0.4 is 5.32 Å². The van der Waals surface area contributed by atoms with E-state index in [1.165, 1.54) is 19.8 Å². The largest absolute Gasteiger partial charge is 0.354 e. The predicted octanol–water partition coefficient (Wildman–Crippen LogP) is 0.566. The van der Waals surface area contributed by atoms with Gasteiger partial charge in [0.15, 0.2) is 0 Å². The Kier molecular flexibility index (Phi) is 4.75. The van der Waals surface area contributed by atoms with E-state index in [1.54, 1.807) is 0 Å². The van der Waals surface area contributed by atoms with Gasteiger partial charge in [0.05, 0.1) is 6.42 Å². The zero-order valence-electron chi connectivity index (χ0n) is 9.58. The topological polar surface area (TPSA) is 49.4 Å². The van der Waals surface area contributed by atoms with Gasteiger partial charge < -0.3 is 5.32 Å². The SMILES string of the molecule is CCN(CCNC(=O)CC(C)=O)C1CC1. The smallest absolute Gasteiger partial charge is 0.227 e. The quantitative estimate of drug-likeness (QED) is 0.628. The summed E-state index contributed by atoms with van der Waals surface area (Å²) in [5.41, 5.74) is 0. The van der Waals surface area contributed by atoms with Crippen LogP contribution in [0.15, 0.2) is 0 Å². The lowest BCUT2D eigenvalue weighted by atomic mass is 10.3. The molecule has 0 saturated heterocycles. The number of nitrogens with one attached hydrogen (secondary N) is 1. The van der Waals surface area contributed by atoms with Crippen LogP contribution in [0, 0.1) is 0 Å². The van der Waals surface area contributed by atoms with Crippen molar-refractivity contribution in [2.75, 3.05) is 19.6 Å². The molecule has 1 rings (SSSR count). The van der Waals surface area contributed by atoms with Crippen molar-refractivity contribution in [1.29, 1.82) is 0 Å². The Bertz CT molecular complexity index is 237. The lowest BCUT2D eigenvalue weighted by Gasteiger charge is -2.19. The highest BCUT2D eigenvalue weighted by atomic mass is 16.2. The summed E-state index contributed by atoms with van der Waals surface area (Å²) in [6.07, 6.45) is 2.58. The lowest BCUT2D eigenvalue weighted by Crippen LogP contribution is -2.36. The van der Waals surface area contributed by atoms with E-state index in [9.17, 15) is 9.59 Å². The maximum Gasteiger partial charge on any atom is 0.227 e. The van der Waals surface area contributed by atoms with Gasteiger partial charge in [-0.1, -0.05) is 6.92 Å². The Morgan fingerprint density at radius 2 is 2.07 bits per heavy atom. The van der Waals surface area contributed by atoms with Crippen LogP contribution in [0.4, 0.5) is 0 Å². The summed E-state index contributed by atoms with van der Waals surface area (Å²) in [6, 6.07) is 0.736. The zero-order valence-corrected chi connectivity index (χ0v) is 9.58. The fourth-order valence-electron chi connectivity index (χ4n) is 1.67. The second-order valence-electron chi connectivity index (χ2n) is 4.09. The van der Waals surface area contributed by atoms with E-state index in [2.05, 4.69) is 17.1 Å². The van der Waals surface area contributed by atoms with Crippen LogP contribution in [0.2, 0.25) is 0 Å². The van der Waals surface area contributed by atoms with Crippen LogP contribution in [-0.4, -0.2) is 42.3 Å². The summed E-state index contributed by atoms with van der Waals surface area (Å²) in [7, 11) is 0. The molecule has 0 aliphatic heterocycles. The van der Waals surface area contributed by atoms with E-state index in [4.69, 9.17) is 0 Å².